The second-order valence-electron chi connectivity index (χ2n) is 4.67. The molecule has 0 spiro atoms. The highest BCUT2D eigenvalue weighted by atomic mass is 79.9. The molecule has 0 saturated heterocycles. The van der Waals surface area contributed by atoms with Gasteiger partial charge in [0.25, 0.3) is 0 Å². The van der Waals surface area contributed by atoms with E-state index in [2.05, 4.69) is 31.8 Å². The van der Waals surface area contributed by atoms with Crippen LogP contribution >= 0.6 is 39.1 Å². The van der Waals surface area contributed by atoms with Crippen LogP contribution in [-0.2, 0) is 16.1 Å². The summed E-state index contributed by atoms with van der Waals surface area (Å²) in [6, 6.07) is 12.2. The number of carbonyl (C=O) groups excluding carboxylic acids is 2. The Hall–Kier alpha value is -1.89. The van der Waals surface area contributed by atoms with Crippen molar-refractivity contribution in [3.63, 3.8) is 0 Å². The molecule has 2 amide bonds. The Morgan fingerprint density at radius 3 is 2.62 bits per heavy atom. The van der Waals surface area contributed by atoms with Crippen LogP contribution in [0.4, 0.5) is 0 Å². The molecule has 2 aromatic rings. The quantitative estimate of drug-likeness (QED) is 0.444. The average molecular weight is 429 g/mol. The SMILES string of the molecule is O=C(NCc1ccc(Cl)cc1Cl)C(=O)N/N=C/c1cccc(Br)c1. The van der Waals surface area contributed by atoms with Crippen LogP contribution in [0, 0.1) is 0 Å². The average Bonchev–Trinajstić information content (AvgIpc) is 2.53. The lowest BCUT2D eigenvalue weighted by molar-refractivity contribution is -0.139. The van der Waals surface area contributed by atoms with Gasteiger partial charge in [-0.15, -0.1) is 0 Å². The van der Waals surface area contributed by atoms with Crippen molar-refractivity contribution in [2.75, 3.05) is 0 Å². The molecule has 0 saturated carbocycles. The third kappa shape index (κ3) is 5.63. The monoisotopic (exact) mass is 427 g/mol. The van der Waals surface area contributed by atoms with Crippen LogP contribution < -0.4 is 10.7 Å². The van der Waals surface area contributed by atoms with Crippen LogP contribution in [0.15, 0.2) is 52.0 Å². The van der Waals surface area contributed by atoms with E-state index in [0.29, 0.717) is 15.6 Å². The fraction of sp³-hybridized carbons (Fsp3) is 0.0625. The number of hydrazone groups is 1. The van der Waals surface area contributed by atoms with Crippen molar-refractivity contribution >= 4 is 57.2 Å². The van der Waals surface area contributed by atoms with Gasteiger partial charge in [-0.1, -0.05) is 57.3 Å². The molecule has 0 radical (unpaired) electrons. The van der Waals surface area contributed by atoms with Gasteiger partial charge in [0.1, 0.15) is 0 Å². The smallest absolute Gasteiger partial charge is 0.329 e. The largest absolute Gasteiger partial charge is 0.344 e. The Balaban J connectivity index is 1.85. The molecule has 24 heavy (non-hydrogen) atoms. The van der Waals surface area contributed by atoms with Crippen LogP contribution in [0.2, 0.25) is 10.0 Å². The van der Waals surface area contributed by atoms with E-state index in [0.717, 1.165) is 10.0 Å². The molecular formula is C16H12BrCl2N3O2. The lowest BCUT2D eigenvalue weighted by Crippen LogP contribution is -2.37. The summed E-state index contributed by atoms with van der Waals surface area (Å²) in [5, 5.41) is 7.10. The first kappa shape index (κ1) is 18.4. The van der Waals surface area contributed by atoms with Gasteiger partial charge in [0.2, 0.25) is 0 Å². The van der Waals surface area contributed by atoms with Crippen molar-refractivity contribution in [3.8, 4) is 0 Å². The highest BCUT2D eigenvalue weighted by Crippen LogP contribution is 2.20. The number of amides is 2. The summed E-state index contributed by atoms with van der Waals surface area (Å²) in [6.07, 6.45) is 1.44. The van der Waals surface area contributed by atoms with Crippen molar-refractivity contribution < 1.29 is 9.59 Å². The molecule has 5 nitrogen and oxygen atoms in total. The first-order chi connectivity index (χ1) is 11.5. The van der Waals surface area contributed by atoms with Crippen molar-refractivity contribution in [1.82, 2.24) is 10.7 Å². The van der Waals surface area contributed by atoms with Crippen LogP contribution in [0.1, 0.15) is 11.1 Å². The second kappa shape index (κ2) is 8.82. The molecule has 0 aromatic heterocycles. The zero-order valence-electron chi connectivity index (χ0n) is 12.2. The number of rotatable bonds is 4. The maximum absolute atomic E-state index is 11.7. The third-order valence-corrected chi connectivity index (χ3v) is 3.97. The van der Waals surface area contributed by atoms with Gasteiger partial charge in [-0.2, -0.15) is 5.10 Å². The van der Waals surface area contributed by atoms with Crippen LogP contribution in [0.25, 0.3) is 0 Å². The molecule has 2 N–H and O–H groups in total. The predicted octanol–water partition coefficient (Wildman–Crippen LogP) is 3.52. The number of nitrogens with zero attached hydrogens (tertiary/aromatic N) is 1. The maximum Gasteiger partial charge on any atom is 0.329 e. The Morgan fingerprint density at radius 2 is 1.92 bits per heavy atom. The Labute approximate surface area is 157 Å². The molecule has 2 aromatic carbocycles. The van der Waals surface area contributed by atoms with Crippen molar-refractivity contribution in [3.05, 3.63) is 68.1 Å². The fourth-order valence-corrected chi connectivity index (χ4v) is 2.62. The molecule has 0 atom stereocenters. The van der Waals surface area contributed by atoms with Gasteiger partial charge in [-0.3, -0.25) is 9.59 Å². The lowest BCUT2D eigenvalue weighted by atomic mass is 10.2. The summed E-state index contributed by atoms with van der Waals surface area (Å²) in [6.45, 7) is 0.109. The van der Waals surface area contributed by atoms with Gasteiger partial charge in [0.05, 0.1) is 6.21 Å². The standard InChI is InChI=1S/C16H12BrCl2N3O2/c17-12-3-1-2-10(6-12)8-21-22-16(24)15(23)20-9-11-4-5-13(18)7-14(11)19/h1-8H,9H2,(H,20,23)(H,22,24)/b21-8+. The zero-order valence-corrected chi connectivity index (χ0v) is 15.3. The fourth-order valence-electron chi connectivity index (χ4n) is 1.72. The van der Waals surface area contributed by atoms with E-state index in [1.807, 2.05) is 24.3 Å². The summed E-state index contributed by atoms with van der Waals surface area (Å²) in [7, 11) is 0. The molecule has 124 valence electrons. The molecule has 0 unspecified atom stereocenters. The Kier molecular flexibility index (Phi) is 6.78. The number of carbonyl (C=O) groups is 2. The third-order valence-electron chi connectivity index (χ3n) is 2.89. The lowest BCUT2D eigenvalue weighted by Gasteiger charge is -2.06. The molecule has 0 aliphatic carbocycles. The normalized spacial score (nSPS) is 10.6. The number of benzene rings is 2. The summed E-state index contributed by atoms with van der Waals surface area (Å²) in [5.74, 6) is -1.68. The second-order valence-corrected chi connectivity index (χ2v) is 6.43. The number of nitrogens with one attached hydrogen (secondary N) is 2. The maximum atomic E-state index is 11.7. The zero-order chi connectivity index (χ0) is 17.5. The van der Waals surface area contributed by atoms with Crippen LogP contribution in [0.3, 0.4) is 0 Å². The van der Waals surface area contributed by atoms with Crippen molar-refractivity contribution in [2.24, 2.45) is 5.10 Å². The molecule has 0 heterocycles. The molecule has 0 aliphatic heterocycles. The topological polar surface area (TPSA) is 70.6 Å². The van der Waals surface area contributed by atoms with E-state index in [-0.39, 0.29) is 6.54 Å². The van der Waals surface area contributed by atoms with E-state index in [1.165, 1.54) is 6.21 Å². The van der Waals surface area contributed by atoms with Crippen LogP contribution in [0.5, 0.6) is 0 Å². The minimum Gasteiger partial charge on any atom is -0.344 e. The van der Waals surface area contributed by atoms with Crippen molar-refractivity contribution in [2.45, 2.75) is 6.54 Å². The van der Waals surface area contributed by atoms with Gasteiger partial charge in [-0.25, -0.2) is 5.43 Å². The predicted molar refractivity (Wildman–Crippen MR) is 98.2 cm³/mol. The molecule has 2 rings (SSSR count). The van der Waals surface area contributed by atoms with E-state index < -0.39 is 11.8 Å². The summed E-state index contributed by atoms with van der Waals surface area (Å²) in [5.41, 5.74) is 3.59. The number of hydrogen-bond donors (Lipinski definition) is 2. The molecular weight excluding hydrogens is 417 g/mol. The van der Waals surface area contributed by atoms with E-state index in [9.17, 15) is 9.59 Å². The molecule has 8 heteroatoms. The van der Waals surface area contributed by atoms with Crippen LogP contribution in [-0.4, -0.2) is 18.0 Å². The molecule has 0 bridgehead atoms. The summed E-state index contributed by atoms with van der Waals surface area (Å²) in [4.78, 5) is 23.4. The summed E-state index contributed by atoms with van der Waals surface area (Å²) >= 11 is 15.1. The first-order valence-corrected chi connectivity index (χ1v) is 8.31. The Bertz CT molecular complexity index is 797. The highest BCUT2D eigenvalue weighted by molar-refractivity contribution is 9.10. The number of halogens is 3. The minimum atomic E-state index is -0.869. The van der Waals surface area contributed by atoms with Gasteiger partial charge >= 0.3 is 11.8 Å². The van der Waals surface area contributed by atoms with Gasteiger partial charge < -0.3 is 5.32 Å². The highest BCUT2D eigenvalue weighted by Gasteiger charge is 2.12. The molecule has 0 aliphatic rings. The van der Waals surface area contributed by atoms with E-state index >= 15 is 0 Å². The van der Waals surface area contributed by atoms with Gasteiger partial charge in [0.15, 0.2) is 0 Å². The van der Waals surface area contributed by atoms with E-state index in [1.54, 1.807) is 18.2 Å². The summed E-state index contributed by atoms with van der Waals surface area (Å²) < 4.78 is 0.885. The number of hydrogen-bond acceptors (Lipinski definition) is 3. The Morgan fingerprint density at radius 1 is 1.12 bits per heavy atom. The van der Waals surface area contributed by atoms with Gasteiger partial charge in [-0.05, 0) is 35.4 Å². The van der Waals surface area contributed by atoms with Crippen molar-refractivity contribution in [1.29, 1.82) is 0 Å². The molecule has 0 fully saturated rings. The minimum absolute atomic E-state index is 0.109. The van der Waals surface area contributed by atoms with Gasteiger partial charge in [0, 0.05) is 21.1 Å². The van der Waals surface area contributed by atoms with E-state index in [4.69, 9.17) is 23.2 Å². The first-order valence-electron chi connectivity index (χ1n) is 6.76.